The van der Waals surface area contributed by atoms with Crippen molar-refractivity contribution >= 4 is 21.7 Å². The Hall–Kier alpha value is -1.93. The van der Waals surface area contributed by atoms with Crippen molar-refractivity contribution in [3.8, 4) is 0 Å². The molecule has 0 aliphatic heterocycles. The molecule has 0 radical (unpaired) electrons. The molecule has 0 spiro atoms. The Bertz CT molecular complexity index is 641. The van der Waals surface area contributed by atoms with Crippen LogP contribution in [0.1, 0.15) is 31.4 Å². The normalized spacial score (nSPS) is 14.1. The lowest BCUT2D eigenvalue weighted by Crippen LogP contribution is -2.42. The molecule has 122 valence electrons. The number of carbonyl (C=O) groups excluding carboxylic acids is 2. The van der Waals surface area contributed by atoms with E-state index >= 15 is 0 Å². The topological polar surface area (TPSA) is 132 Å². The molecule has 0 fully saturated rings. The van der Waals surface area contributed by atoms with Crippen LogP contribution in [0.15, 0.2) is 29.2 Å². The van der Waals surface area contributed by atoms with Crippen LogP contribution in [0.2, 0.25) is 0 Å². The van der Waals surface area contributed by atoms with Crippen LogP contribution in [-0.2, 0) is 19.4 Å². The van der Waals surface area contributed by atoms with E-state index in [-0.39, 0.29) is 29.7 Å². The fraction of sp³-hybridized carbons (Fsp3) is 0.429. The highest BCUT2D eigenvalue weighted by atomic mass is 32.2. The molecule has 2 amide bonds. The third-order valence-electron chi connectivity index (χ3n) is 3.21. The van der Waals surface area contributed by atoms with Crippen LogP contribution in [0.4, 0.5) is 0 Å². The molecule has 0 saturated heterocycles. The van der Waals surface area contributed by atoms with Gasteiger partial charge in [0.2, 0.25) is 11.8 Å². The van der Waals surface area contributed by atoms with E-state index in [4.69, 9.17) is 11.5 Å². The molecule has 0 heterocycles. The molecule has 22 heavy (non-hydrogen) atoms. The van der Waals surface area contributed by atoms with Gasteiger partial charge in [-0.3, -0.25) is 9.59 Å². The molecule has 1 aromatic rings. The molecule has 5 N–H and O–H groups in total. The molecular formula is C14H21N3O4S. The Morgan fingerprint density at radius 2 is 1.77 bits per heavy atom. The number of carbonyl (C=O) groups is 2. The Morgan fingerprint density at radius 1 is 1.23 bits per heavy atom. The fourth-order valence-electron chi connectivity index (χ4n) is 1.84. The van der Waals surface area contributed by atoms with Crippen LogP contribution in [0.5, 0.6) is 0 Å². The Balaban J connectivity index is 2.66. The molecule has 2 atom stereocenters. The van der Waals surface area contributed by atoms with E-state index in [0.29, 0.717) is 0 Å². The lowest BCUT2D eigenvalue weighted by molar-refractivity contribution is -0.123. The number of hydrogen-bond acceptors (Lipinski definition) is 5. The first-order chi connectivity index (χ1) is 10.1. The van der Waals surface area contributed by atoms with Crippen molar-refractivity contribution in [2.24, 2.45) is 11.5 Å². The quantitative estimate of drug-likeness (QED) is 0.641. The van der Waals surface area contributed by atoms with Gasteiger partial charge in [0.05, 0.1) is 17.0 Å². The molecule has 0 unspecified atom stereocenters. The molecule has 0 bridgehead atoms. The average Bonchev–Trinajstić information content (AvgIpc) is 2.43. The summed E-state index contributed by atoms with van der Waals surface area (Å²) in [5.41, 5.74) is 11.4. The minimum Gasteiger partial charge on any atom is -0.370 e. The van der Waals surface area contributed by atoms with Crippen LogP contribution in [0, 0.1) is 0 Å². The van der Waals surface area contributed by atoms with E-state index in [1.165, 1.54) is 12.1 Å². The second-order valence-corrected chi connectivity index (χ2v) is 7.20. The third kappa shape index (κ3) is 5.45. The summed E-state index contributed by atoms with van der Waals surface area (Å²) < 4.78 is 22.8. The van der Waals surface area contributed by atoms with Gasteiger partial charge in [-0.2, -0.15) is 0 Å². The second-order valence-electron chi connectivity index (χ2n) is 5.18. The van der Waals surface area contributed by atoms with Crippen molar-refractivity contribution in [1.29, 1.82) is 0 Å². The van der Waals surface area contributed by atoms with Crippen LogP contribution >= 0.6 is 0 Å². The molecule has 0 saturated carbocycles. The van der Waals surface area contributed by atoms with Gasteiger partial charge in [0.1, 0.15) is 0 Å². The first kappa shape index (κ1) is 18.1. The number of hydrogen-bond donors (Lipinski definition) is 3. The Morgan fingerprint density at radius 3 is 2.23 bits per heavy atom. The molecule has 7 nitrogen and oxygen atoms in total. The van der Waals surface area contributed by atoms with Crippen LogP contribution in [-0.4, -0.2) is 32.5 Å². The van der Waals surface area contributed by atoms with Crippen molar-refractivity contribution in [2.75, 3.05) is 6.26 Å². The van der Waals surface area contributed by atoms with Gasteiger partial charge in [-0.1, -0.05) is 12.1 Å². The number of nitrogens with one attached hydrogen (secondary N) is 1. The first-order valence-electron chi connectivity index (χ1n) is 6.75. The Labute approximate surface area is 130 Å². The zero-order chi connectivity index (χ0) is 16.9. The van der Waals surface area contributed by atoms with Gasteiger partial charge >= 0.3 is 0 Å². The second kappa shape index (κ2) is 7.37. The summed E-state index contributed by atoms with van der Waals surface area (Å²) in [7, 11) is -3.25. The summed E-state index contributed by atoms with van der Waals surface area (Å²) in [4.78, 5) is 22.8. The highest BCUT2D eigenvalue weighted by molar-refractivity contribution is 7.90. The SMILES string of the molecule is C[C@H](NC(=O)[C@@H](N)CCC(N)=O)c1ccc(S(C)(=O)=O)cc1. The zero-order valence-corrected chi connectivity index (χ0v) is 13.4. The van der Waals surface area contributed by atoms with Crippen molar-refractivity contribution < 1.29 is 18.0 Å². The predicted molar refractivity (Wildman–Crippen MR) is 82.5 cm³/mol. The van der Waals surface area contributed by atoms with E-state index in [2.05, 4.69) is 5.32 Å². The summed E-state index contributed by atoms with van der Waals surface area (Å²) >= 11 is 0. The van der Waals surface area contributed by atoms with Gasteiger partial charge in [-0.25, -0.2) is 8.42 Å². The van der Waals surface area contributed by atoms with E-state index in [9.17, 15) is 18.0 Å². The highest BCUT2D eigenvalue weighted by Crippen LogP contribution is 2.16. The number of nitrogens with two attached hydrogens (primary N) is 2. The van der Waals surface area contributed by atoms with Crippen LogP contribution in [0.3, 0.4) is 0 Å². The summed E-state index contributed by atoms with van der Waals surface area (Å²) in [5, 5.41) is 2.71. The van der Waals surface area contributed by atoms with Gasteiger partial charge in [0.15, 0.2) is 9.84 Å². The summed E-state index contributed by atoms with van der Waals surface area (Å²) in [6, 6.07) is 5.10. The largest absolute Gasteiger partial charge is 0.370 e. The van der Waals surface area contributed by atoms with E-state index in [1.807, 2.05) is 0 Å². The minimum atomic E-state index is -3.25. The molecule has 0 aromatic heterocycles. The number of benzene rings is 1. The van der Waals surface area contributed by atoms with E-state index in [0.717, 1.165) is 11.8 Å². The van der Waals surface area contributed by atoms with Gasteiger partial charge in [-0.15, -0.1) is 0 Å². The monoisotopic (exact) mass is 327 g/mol. The molecule has 8 heteroatoms. The van der Waals surface area contributed by atoms with Crippen molar-refractivity contribution in [3.05, 3.63) is 29.8 Å². The number of sulfone groups is 1. The maximum Gasteiger partial charge on any atom is 0.237 e. The maximum absolute atomic E-state index is 11.9. The van der Waals surface area contributed by atoms with Gasteiger partial charge in [0, 0.05) is 12.7 Å². The third-order valence-corrected chi connectivity index (χ3v) is 4.33. The summed E-state index contributed by atoms with van der Waals surface area (Å²) in [5.74, 6) is -0.895. The summed E-state index contributed by atoms with van der Waals surface area (Å²) in [6.45, 7) is 1.76. The number of primary amides is 1. The standard InChI is InChI=1S/C14H21N3O4S/c1-9(17-14(19)12(15)7-8-13(16)18)10-3-5-11(6-4-10)22(2,20)21/h3-6,9,12H,7-8,15H2,1-2H3,(H2,16,18)(H,17,19)/t9-,12-/m0/s1. The fourth-order valence-corrected chi connectivity index (χ4v) is 2.47. The van der Waals surface area contributed by atoms with Crippen LogP contribution < -0.4 is 16.8 Å². The van der Waals surface area contributed by atoms with Crippen molar-refractivity contribution in [3.63, 3.8) is 0 Å². The number of amides is 2. The molecular weight excluding hydrogens is 306 g/mol. The lowest BCUT2D eigenvalue weighted by Gasteiger charge is -2.18. The van der Waals surface area contributed by atoms with Gasteiger partial charge in [0.25, 0.3) is 0 Å². The zero-order valence-electron chi connectivity index (χ0n) is 12.6. The average molecular weight is 327 g/mol. The van der Waals surface area contributed by atoms with E-state index in [1.54, 1.807) is 19.1 Å². The van der Waals surface area contributed by atoms with Gasteiger partial charge < -0.3 is 16.8 Å². The van der Waals surface area contributed by atoms with Crippen molar-refractivity contribution in [2.45, 2.75) is 36.7 Å². The van der Waals surface area contributed by atoms with Crippen LogP contribution in [0.25, 0.3) is 0 Å². The first-order valence-corrected chi connectivity index (χ1v) is 8.64. The Kier molecular flexibility index (Phi) is 6.07. The molecule has 0 aliphatic rings. The molecule has 0 aliphatic carbocycles. The molecule has 1 rings (SSSR count). The van der Waals surface area contributed by atoms with Gasteiger partial charge in [-0.05, 0) is 31.0 Å². The van der Waals surface area contributed by atoms with E-state index < -0.39 is 21.8 Å². The highest BCUT2D eigenvalue weighted by Gasteiger charge is 2.17. The number of rotatable bonds is 7. The lowest BCUT2D eigenvalue weighted by atomic mass is 10.1. The minimum absolute atomic E-state index is 0.0476. The van der Waals surface area contributed by atoms with Crippen molar-refractivity contribution in [1.82, 2.24) is 5.32 Å². The smallest absolute Gasteiger partial charge is 0.237 e. The maximum atomic E-state index is 11.9. The summed E-state index contributed by atoms with van der Waals surface area (Å²) in [6.07, 6.45) is 1.36. The molecule has 1 aromatic carbocycles. The predicted octanol–water partition coefficient (Wildman–Crippen LogP) is -0.140.